The van der Waals surface area contributed by atoms with Crippen molar-refractivity contribution in [3.05, 3.63) is 0 Å². The molecule has 0 N–H and O–H groups in total. The van der Waals surface area contributed by atoms with Crippen molar-refractivity contribution in [2.75, 3.05) is 28.4 Å². The lowest BCUT2D eigenvalue weighted by Gasteiger charge is -2.06. The Hall–Kier alpha value is -0.160. The molecule has 4 heteroatoms. The first-order valence-corrected chi connectivity index (χ1v) is 3.59. The van der Waals surface area contributed by atoms with Crippen molar-refractivity contribution in [2.24, 2.45) is 0 Å². The van der Waals surface area contributed by atoms with Gasteiger partial charge in [-0.1, -0.05) is 5.23 Å². The summed E-state index contributed by atoms with van der Waals surface area (Å²) in [6.45, 7) is 0. The van der Waals surface area contributed by atoms with Crippen LogP contribution in [0.1, 0.15) is 12.8 Å². The van der Waals surface area contributed by atoms with E-state index in [0.717, 1.165) is 0 Å². The Labute approximate surface area is 67.9 Å². The van der Waals surface area contributed by atoms with Gasteiger partial charge >= 0.3 is 0 Å². The van der Waals surface area contributed by atoms with Crippen LogP contribution in [-0.4, -0.2) is 39.7 Å². The van der Waals surface area contributed by atoms with Crippen molar-refractivity contribution in [2.45, 2.75) is 18.9 Å². The number of methoxy groups -OCH3 is 1. The minimum atomic E-state index is 0.634. The van der Waals surface area contributed by atoms with Gasteiger partial charge < -0.3 is 4.74 Å². The molecule has 0 aliphatic heterocycles. The molecule has 1 fully saturated rings. The van der Waals surface area contributed by atoms with Gasteiger partial charge in [-0.3, -0.25) is 9.68 Å². The highest BCUT2D eigenvalue weighted by atomic mass is 16.9. The molecule has 0 radical (unpaired) electrons. The number of hydrogen-bond donors (Lipinski definition) is 0. The van der Waals surface area contributed by atoms with Crippen LogP contribution < -0.4 is 0 Å². The van der Waals surface area contributed by atoms with Crippen LogP contribution in [0, 0.1) is 0 Å². The molecule has 1 aliphatic carbocycles. The molecule has 0 heterocycles. The molecule has 0 unspecified atom stereocenters. The van der Waals surface area contributed by atoms with Crippen molar-refractivity contribution in [1.82, 2.24) is 5.23 Å². The van der Waals surface area contributed by atoms with Gasteiger partial charge in [-0.2, -0.15) is 0 Å². The molecule has 0 spiro atoms. The third-order valence-corrected chi connectivity index (χ3v) is 1.37. The van der Waals surface area contributed by atoms with E-state index < -0.39 is 0 Å². The Balaban J connectivity index is 0.000000183. The van der Waals surface area contributed by atoms with E-state index in [9.17, 15) is 0 Å². The van der Waals surface area contributed by atoms with E-state index in [1.54, 1.807) is 14.2 Å². The summed E-state index contributed by atoms with van der Waals surface area (Å²) in [4.78, 5) is 9.02. The van der Waals surface area contributed by atoms with Crippen molar-refractivity contribution >= 4 is 0 Å². The maximum Gasteiger partial charge on any atom is 0.0601 e. The summed E-state index contributed by atoms with van der Waals surface area (Å²) < 4.78 is 4.86. The van der Waals surface area contributed by atoms with Crippen LogP contribution in [0.5, 0.6) is 0 Å². The van der Waals surface area contributed by atoms with Crippen LogP contribution in [0.15, 0.2) is 0 Å². The Morgan fingerprint density at radius 1 is 1.09 bits per heavy atom. The van der Waals surface area contributed by atoms with Gasteiger partial charge in [0.2, 0.25) is 0 Å². The first-order chi connectivity index (χ1) is 5.24. The average Bonchev–Trinajstić information content (AvgIpc) is 2.86. The molecule has 0 aromatic heterocycles. The van der Waals surface area contributed by atoms with E-state index in [0.29, 0.717) is 6.10 Å². The lowest BCUT2D eigenvalue weighted by atomic mass is 10.9. The van der Waals surface area contributed by atoms with Gasteiger partial charge in [0.1, 0.15) is 0 Å². The maximum atomic E-state index is 4.86. The molecule has 1 aliphatic rings. The predicted molar refractivity (Wildman–Crippen MR) is 41.8 cm³/mol. The quantitative estimate of drug-likeness (QED) is 0.577. The Kier molecular flexibility index (Phi) is 6.45. The van der Waals surface area contributed by atoms with Gasteiger partial charge in [0, 0.05) is 14.2 Å². The van der Waals surface area contributed by atoms with Gasteiger partial charge in [-0.15, -0.1) is 0 Å². The standard InChI is InChI=1S/C4H8O.C3H9NO2/c1-5-4-2-3-4;1-4(5-2)6-3/h4H,2-3H2,1H3;1-3H3. The SMILES string of the molecule is COC1CC1.CON(C)OC. The maximum absolute atomic E-state index is 4.86. The molecule has 4 nitrogen and oxygen atoms in total. The minimum Gasteiger partial charge on any atom is -0.381 e. The zero-order valence-corrected chi connectivity index (χ0v) is 7.66. The zero-order chi connectivity index (χ0) is 8.69. The topological polar surface area (TPSA) is 30.9 Å². The van der Waals surface area contributed by atoms with E-state index >= 15 is 0 Å². The van der Waals surface area contributed by atoms with Gasteiger partial charge in [-0.05, 0) is 12.8 Å². The van der Waals surface area contributed by atoms with Crippen LogP contribution in [0.25, 0.3) is 0 Å². The molecule has 0 bridgehead atoms. The van der Waals surface area contributed by atoms with Crippen molar-refractivity contribution in [3.63, 3.8) is 0 Å². The predicted octanol–water partition coefficient (Wildman–Crippen LogP) is 0.836. The molecule has 0 amide bonds. The normalized spacial score (nSPS) is 16.1. The van der Waals surface area contributed by atoms with Gasteiger partial charge in [-0.25, -0.2) is 0 Å². The van der Waals surface area contributed by atoms with Crippen LogP contribution in [0.4, 0.5) is 0 Å². The molecule has 0 aromatic carbocycles. The summed E-state index contributed by atoms with van der Waals surface area (Å²) in [5.41, 5.74) is 0. The molecule has 0 saturated heterocycles. The highest BCUT2D eigenvalue weighted by Crippen LogP contribution is 2.21. The van der Waals surface area contributed by atoms with Crippen molar-refractivity contribution in [3.8, 4) is 0 Å². The van der Waals surface area contributed by atoms with E-state index in [-0.39, 0.29) is 0 Å². The second-order valence-corrected chi connectivity index (χ2v) is 2.24. The number of ether oxygens (including phenoxy) is 1. The molecule has 68 valence electrons. The lowest BCUT2D eigenvalue weighted by Crippen LogP contribution is -2.13. The van der Waals surface area contributed by atoms with E-state index in [2.05, 4.69) is 9.68 Å². The molecule has 1 rings (SSSR count). The average molecular weight is 163 g/mol. The monoisotopic (exact) mass is 163 g/mol. The van der Waals surface area contributed by atoms with Gasteiger partial charge in [0.05, 0.1) is 20.3 Å². The summed E-state index contributed by atoms with van der Waals surface area (Å²) in [6.07, 6.45) is 3.21. The van der Waals surface area contributed by atoms with Crippen molar-refractivity contribution in [1.29, 1.82) is 0 Å². The zero-order valence-electron chi connectivity index (χ0n) is 7.66. The largest absolute Gasteiger partial charge is 0.381 e. The molecule has 0 aromatic rings. The second kappa shape index (κ2) is 6.54. The Morgan fingerprint density at radius 3 is 1.55 bits per heavy atom. The summed E-state index contributed by atoms with van der Waals surface area (Å²) in [6, 6.07) is 0. The third kappa shape index (κ3) is 7.74. The number of hydrogen-bond acceptors (Lipinski definition) is 4. The molecule has 0 atom stereocenters. The van der Waals surface area contributed by atoms with Crippen LogP contribution in [-0.2, 0) is 14.4 Å². The van der Waals surface area contributed by atoms with Crippen LogP contribution >= 0.6 is 0 Å². The molecular weight excluding hydrogens is 146 g/mol. The fourth-order valence-corrected chi connectivity index (χ4v) is 0.378. The Morgan fingerprint density at radius 2 is 1.55 bits per heavy atom. The van der Waals surface area contributed by atoms with Crippen LogP contribution in [0.2, 0.25) is 0 Å². The van der Waals surface area contributed by atoms with Gasteiger partial charge in [0.15, 0.2) is 0 Å². The van der Waals surface area contributed by atoms with Crippen LogP contribution in [0.3, 0.4) is 0 Å². The minimum absolute atomic E-state index is 0.634. The van der Waals surface area contributed by atoms with Gasteiger partial charge in [0.25, 0.3) is 0 Å². The lowest BCUT2D eigenvalue weighted by molar-refractivity contribution is -0.325. The Bertz CT molecular complexity index is 81.8. The summed E-state index contributed by atoms with van der Waals surface area (Å²) in [5.74, 6) is 0. The highest BCUT2D eigenvalue weighted by Gasteiger charge is 2.19. The smallest absolute Gasteiger partial charge is 0.0601 e. The summed E-state index contributed by atoms with van der Waals surface area (Å²) in [7, 11) is 6.49. The molecular formula is C7H17NO3. The van der Waals surface area contributed by atoms with Crippen molar-refractivity contribution < 1.29 is 14.4 Å². The number of hydroxylamine groups is 2. The molecule has 11 heavy (non-hydrogen) atoms. The first-order valence-electron chi connectivity index (χ1n) is 3.59. The summed E-state index contributed by atoms with van der Waals surface area (Å²) in [5, 5.41) is 1.25. The second-order valence-electron chi connectivity index (χ2n) is 2.24. The highest BCUT2D eigenvalue weighted by molar-refractivity contribution is 4.71. The third-order valence-electron chi connectivity index (χ3n) is 1.37. The fourth-order valence-electron chi connectivity index (χ4n) is 0.378. The van der Waals surface area contributed by atoms with E-state index in [4.69, 9.17) is 4.74 Å². The molecule has 1 saturated carbocycles. The number of rotatable bonds is 3. The summed E-state index contributed by atoms with van der Waals surface area (Å²) >= 11 is 0. The number of nitrogens with zero attached hydrogens (tertiary/aromatic N) is 1. The first kappa shape index (κ1) is 10.8. The fraction of sp³-hybridized carbons (Fsp3) is 1.00. The van der Waals surface area contributed by atoms with E-state index in [1.807, 2.05) is 0 Å². The van der Waals surface area contributed by atoms with E-state index in [1.165, 1.54) is 32.3 Å².